The Morgan fingerprint density at radius 1 is 1.08 bits per heavy atom. The van der Waals surface area contributed by atoms with Gasteiger partial charge in [0.25, 0.3) is 5.91 Å². The van der Waals surface area contributed by atoms with E-state index in [0.717, 1.165) is 60.4 Å². The van der Waals surface area contributed by atoms with E-state index in [9.17, 15) is 14.4 Å². The van der Waals surface area contributed by atoms with Crippen molar-refractivity contribution in [3.05, 3.63) is 47.7 Å². The molecule has 1 aliphatic carbocycles. The second kappa shape index (κ2) is 10.8. The highest BCUT2D eigenvalue weighted by molar-refractivity contribution is 5.94. The maximum atomic E-state index is 14.0. The standard InChI is InChI=1S/C28H35N5O4/c1-37-28(36)33-15-12-19-6-2-3-7-21(19)24(33)27(35)32-14-5-4-8-23(32)26(34)31-17-18-9-10-22-20(16-18)11-13-30-25(22)29/h7,9-11,13,16,19,23-24H,2-6,8,12,14-15,17H2,1H3,(H2,29,30)(H,31,34)/t19?,23-,24?/m0/s1. The van der Waals surface area contributed by atoms with Crippen LogP contribution in [0.1, 0.15) is 50.5 Å². The van der Waals surface area contributed by atoms with Gasteiger partial charge < -0.3 is 20.7 Å². The van der Waals surface area contributed by atoms with E-state index in [1.54, 1.807) is 16.0 Å². The molecule has 2 fully saturated rings. The smallest absolute Gasteiger partial charge is 0.410 e. The van der Waals surface area contributed by atoms with Crippen molar-refractivity contribution >= 4 is 34.5 Å². The average molecular weight is 506 g/mol. The molecular weight excluding hydrogens is 470 g/mol. The van der Waals surface area contributed by atoms with Crippen molar-refractivity contribution in [2.75, 3.05) is 25.9 Å². The summed E-state index contributed by atoms with van der Waals surface area (Å²) in [5, 5.41) is 4.87. The highest BCUT2D eigenvalue weighted by Crippen LogP contribution is 2.37. The summed E-state index contributed by atoms with van der Waals surface area (Å²) in [5.41, 5.74) is 7.91. The number of allylic oxidation sites excluding steroid dienone is 1. The number of piperidine rings is 2. The molecule has 0 radical (unpaired) electrons. The predicted octanol–water partition coefficient (Wildman–Crippen LogP) is 3.38. The molecule has 3 N–H and O–H groups in total. The van der Waals surface area contributed by atoms with E-state index >= 15 is 0 Å². The minimum atomic E-state index is -0.695. The predicted molar refractivity (Wildman–Crippen MR) is 140 cm³/mol. The van der Waals surface area contributed by atoms with Crippen molar-refractivity contribution < 1.29 is 19.1 Å². The van der Waals surface area contributed by atoms with Crippen LogP contribution in [-0.2, 0) is 20.9 Å². The molecule has 3 amide bonds. The molecule has 5 rings (SSSR count). The lowest BCUT2D eigenvalue weighted by Crippen LogP contribution is -2.60. The minimum Gasteiger partial charge on any atom is -0.453 e. The zero-order valence-electron chi connectivity index (χ0n) is 21.3. The van der Waals surface area contributed by atoms with Gasteiger partial charge in [-0.05, 0) is 79.5 Å². The highest BCUT2D eigenvalue weighted by atomic mass is 16.5. The number of rotatable bonds is 4. The second-order valence-corrected chi connectivity index (χ2v) is 10.2. The fourth-order valence-corrected chi connectivity index (χ4v) is 6.10. The van der Waals surface area contributed by atoms with E-state index in [-0.39, 0.29) is 11.8 Å². The van der Waals surface area contributed by atoms with Crippen molar-refractivity contribution in [2.45, 2.75) is 63.6 Å². The number of hydrogen-bond acceptors (Lipinski definition) is 6. The maximum absolute atomic E-state index is 14.0. The Bertz CT molecular complexity index is 1230. The zero-order valence-corrected chi connectivity index (χ0v) is 21.3. The topological polar surface area (TPSA) is 118 Å². The second-order valence-electron chi connectivity index (χ2n) is 10.2. The normalized spacial score (nSPS) is 23.7. The summed E-state index contributed by atoms with van der Waals surface area (Å²) in [4.78, 5) is 47.4. The van der Waals surface area contributed by atoms with Crippen molar-refractivity contribution in [3.8, 4) is 0 Å². The number of nitrogen functional groups attached to an aromatic ring is 1. The Morgan fingerprint density at radius 2 is 1.95 bits per heavy atom. The van der Waals surface area contributed by atoms with E-state index in [1.807, 2.05) is 24.3 Å². The molecule has 0 spiro atoms. The number of methoxy groups -OCH3 is 1. The molecule has 0 saturated carbocycles. The molecule has 2 aromatic rings. The van der Waals surface area contributed by atoms with Gasteiger partial charge in [0.2, 0.25) is 5.91 Å². The third kappa shape index (κ3) is 4.99. The summed E-state index contributed by atoms with van der Waals surface area (Å²) < 4.78 is 5.03. The number of amides is 3. The van der Waals surface area contributed by atoms with Gasteiger partial charge in [0.15, 0.2) is 0 Å². The number of likely N-dealkylation sites (tertiary alicyclic amines) is 2. The molecule has 9 nitrogen and oxygen atoms in total. The summed E-state index contributed by atoms with van der Waals surface area (Å²) in [6, 6.07) is 6.46. The van der Waals surface area contributed by atoms with Crippen LogP contribution >= 0.6 is 0 Å². The number of ether oxygens (including phenoxy) is 1. The monoisotopic (exact) mass is 505 g/mol. The SMILES string of the molecule is COC(=O)N1CCC2CCCC=C2C1C(=O)N1CCCC[C@H]1C(=O)NCc1ccc2c(N)nccc2c1. The Kier molecular flexibility index (Phi) is 7.30. The molecule has 3 heterocycles. The zero-order chi connectivity index (χ0) is 25.9. The molecule has 196 valence electrons. The van der Waals surface area contributed by atoms with Gasteiger partial charge in [0.05, 0.1) is 7.11 Å². The molecule has 2 unspecified atom stereocenters. The Morgan fingerprint density at radius 3 is 2.78 bits per heavy atom. The third-order valence-corrected chi connectivity index (χ3v) is 8.01. The van der Waals surface area contributed by atoms with E-state index in [2.05, 4.69) is 16.4 Å². The first-order chi connectivity index (χ1) is 18.0. The van der Waals surface area contributed by atoms with Gasteiger partial charge in [-0.25, -0.2) is 9.78 Å². The largest absolute Gasteiger partial charge is 0.453 e. The molecule has 2 aliphatic heterocycles. The van der Waals surface area contributed by atoms with Crippen LogP contribution in [0, 0.1) is 5.92 Å². The number of aromatic nitrogens is 1. The number of anilines is 1. The van der Waals surface area contributed by atoms with Crippen molar-refractivity contribution in [2.24, 2.45) is 5.92 Å². The number of fused-ring (bicyclic) bond motifs is 2. The number of hydrogen-bond donors (Lipinski definition) is 2. The molecule has 3 aliphatic rings. The first kappa shape index (κ1) is 25.0. The molecule has 2 saturated heterocycles. The lowest BCUT2D eigenvalue weighted by atomic mass is 9.77. The van der Waals surface area contributed by atoms with Gasteiger partial charge >= 0.3 is 6.09 Å². The van der Waals surface area contributed by atoms with Gasteiger partial charge in [-0.3, -0.25) is 14.5 Å². The fraction of sp³-hybridized carbons (Fsp3) is 0.500. The summed E-state index contributed by atoms with van der Waals surface area (Å²) in [5.74, 6) is 0.440. The van der Waals surface area contributed by atoms with E-state index in [0.29, 0.717) is 37.8 Å². The van der Waals surface area contributed by atoms with E-state index in [4.69, 9.17) is 10.5 Å². The van der Waals surface area contributed by atoms with Gasteiger partial charge in [0, 0.05) is 31.2 Å². The summed E-state index contributed by atoms with van der Waals surface area (Å²) in [6.07, 6.45) is 9.49. The van der Waals surface area contributed by atoms with Crippen LogP contribution in [0.4, 0.5) is 10.6 Å². The number of benzene rings is 1. The molecule has 1 aromatic carbocycles. The van der Waals surface area contributed by atoms with Gasteiger partial charge in [-0.2, -0.15) is 0 Å². The van der Waals surface area contributed by atoms with Crippen LogP contribution in [0.25, 0.3) is 10.8 Å². The Labute approximate surface area is 217 Å². The Balaban J connectivity index is 1.33. The first-order valence-electron chi connectivity index (χ1n) is 13.2. The van der Waals surface area contributed by atoms with Crippen molar-refractivity contribution in [1.82, 2.24) is 20.1 Å². The number of nitrogens with two attached hydrogens (primary N) is 1. The number of pyridine rings is 1. The lowest BCUT2D eigenvalue weighted by molar-refractivity contribution is -0.145. The quantitative estimate of drug-likeness (QED) is 0.615. The summed E-state index contributed by atoms with van der Waals surface area (Å²) in [6.45, 7) is 1.33. The van der Waals surface area contributed by atoms with Gasteiger partial charge in [-0.1, -0.05) is 18.2 Å². The summed E-state index contributed by atoms with van der Waals surface area (Å²) >= 11 is 0. The average Bonchev–Trinajstić information content (AvgIpc) is 2.94. The number of carbonyl (C=O) groups is 3. The number of nitrogens with zero attached hydrogens (tertiary/aromatic N) is 3. The summed E-state index contributed by atoms with van der Waals surface area (Å²) in [7, 11) is 1.35. The van der Waals surface area contributed by atoms with Crippen molar-refractivity contribution in [1.29, 1.82) is 0 Å². The van der Waals surface area contributed by atoms with Crippen LogP contribution in [0.3, 0.4) is 0 Å². The van der Waals surface area contributed by atoms with Crippen LogP contribution < -0.4 is 11.1 Å². The molecule has 9 heteroatoms. The lowest BCUT2D eigenvalue weighted by Gasteiger charge is -2.45. The Hall–Kier alpha value is -3.62. The van der Waals surface area contributed by atoms with Crippen molar-refractivity contribution in [3.63, 3.8) is 0 Å². The maximum Gasteiger partial charge on any atom is 0.410 e. The molecule has 3 atom stereocenters. The van der Waals surface area contributed by atoms with Crippen LogP contribution in [0.2, 0.25) is 0 Å². The van der Waals surface area contributed by atoms with Crippen LogP contribution in [-0.4, -0.2) is 65.0 Å². The fourth-order valence-electron chi connectivity index (χ4n) is 6.10. The van der Waals surface area contributed by atoms with Crippen LogP contribution in [0.15, 0.2) is 42.1 Å². The van der Waals surface area contributed by atoms with Crippen LogP contribution in [0.5, 0.6) is 0 Å². The van der Waals surface area contributed by atoms with E-state index < -0.39 is 18.2 Å². The first-order valence-corrected chi connectivity index (χ1v) is 13.2. The number of nitrogens with one attached hydrogen (secondary N) is 1. The number of carbonyl (C=O) groups excluding carboxylic acids is 3. The molecule has 0 bridgehead atoms. The molecular formula is C28H35N5O4. The van der Waals surface area contributed by atoms with Gasteiger partial charge in [0.1, 0.15) is 17.9 Å². The minimum absolute atomic E-state index is 0.169. The van der Waals surface area contributed by atoms with Gasteiger partial charge in [-0.15, -0.1) is 0 Å². The molecule has 1 aromatic heterocycles. The molecule has 37 heavy (non-hydrogen) atoms. The van der Waals surface area contributed by atoms with E-state index in [1.165, 1.54) is 7.11 Å². The third-order valence-electron chi connectivity index (χ3n) is 8.01. The highest BCUT2D eigenvalue weighted by Gasteiger charge is 2.45.